The van der Waals surface area contributed by atoms with Crippen LogP contribution in [0.25, 0.3) is 21.7 Å². The molecule has 1 saturated carbocycles. The van der Waals surface area contributed by atoms with Crippen LogP contribution >= 0.6 is 11.3 Å². The van der Waals surface area contributed by atoms with Crippen molar-refractivity contribution in [3.8, 4) is 21.7 Å². The summed E-state index contributed by atoms with van der Waals surface area (Å²) in [6.07, 6.45) is 6.88. The molecule has 0 unspecified atom stereocenters. The molecule has 0 saturated heterocycles. The molecule has 29 heavy (non-hydrogen) atoms. The van der Waals surface area contributed by atoms with Crippen LogP contribution in [-0.4, -0.2) is 49.7 Å². The van der Waals surface area contributed by atoms with Crippen LogP contribution < -0.4 is 0 Å². The molecule has 3 aromatic rings. The molecule has 8 heteroatoms. The molecule has 4 rings (SSSR count). The van der Waals surface area contributed by atoms with Gasteiger partial charge >= 0.3 is 5.97 Å². The van der Waals surface area contributed by atoms with E-state index in [-0.39, 0.29) is 18.5 Å². The molecule has 0 aliphatic heterocycles. The zero-order chi connectivity index (χ0) is 20.2. The van der Waals surface area contributed by atoms with Crippen molar-refractivity contribution < 1.29 is 14.7 Å². The monoisotopic (exact) mass is 408 g/mol. The summed E-state index contributed by atoms with van der Waals surface area (Å²) in [6, 6.07) is 11.5. The van der Waals surface area contributed by atoms with Crippen molar-refractivity contribution in [1.29, 1.82) is 0 Å². The van der Waals surface area contributed by atoms with Gasteiger partial charge in [0.1, 0.15) is 6.54 Å². The van der Waals surface area contributed by atoms with Gasteiger partial charge in [-0.2, -0.15) is 10.2 Å². The number of aromatic nitrogens is 3. The topological polar surface area (TPSA) is 96.3 Å². The van der Waals surface area contributed by atoms with Crippen LogP contribution in [0, 0.1) is 0 Å². The second-order valence-electron chi connectivity index (χ2n) is 6.96. The maximum absolute atomic E-state index is 13.3. The predicted molar refractivity (Wildman–Crippen MR) is 110 cm³/mol. The smallest absolute Gasteiger partial charge is 0.323 e. The first-order chi connectivity index (χ1) is 14.1. The van der Waals surface area contributed by atoms with Crippen LogP contribution in [0.1, 0.15) is 35.5 Å². The van der Waals surface area contributed by atoms with Crippen molar-refractivity contribution in [2.75, 3.05) is 6.54 Å². The number of rotatable bonds is 6. The van der Waals surface area contributed by atoms with E-state index < -0.39 is 5.97 Å². The third-order valence-electron chi connectivity index (χ3n) is 5.04. The predicted octanol–water partition coefficient (Wildman–Crippen LogP) is 3.74. The second kappa shape index (κ2) is 8.48. The van der Waals surface area contributed by atoms with Crippen LogP contribution in [0.4, 0.5) is 0 Å². The van der Waals surface area contributed by atoms with Gasteiger partial charge < -0.3 is 10.0 Å². The van der Waals surface area contributed by atoms with Crippen LogP contribution in [0.5, 0.6) is 0 Å². The number of aliphatic carboxylic acids is 1. The van der Waals surface area contributed by atoms with E-state index in [0.29, 0.717) is 10.7 Å². The normalized spacial score (nSPS) is 14.1. The summed E-state index contributed by atoms with van der Waals surface area (Å²) in [4.78, 5) is 31.6. The lowest BCUT2D eigenvalue weighted by atomic mass is 10.1. The van der Waals surface area contributed by atoms with E-state index in [0.717, 1.165) is 41.7 Å². The summed E-state index contributed by atoms with van der Waals surface area (Å²) in [5, 5.41) is 17.4. The first-order valence-corrected chi connectivity index (χ1v) is 10.3. The summed E-state index contributed by atoms with van der Waals surface area (Å²) in [6.45, 7) is -0.310. The Labute approximate surface area is 172 Å². The zero-order valence-corrected chi connectivity index (χ0v) is 16.5. The van der Waals surface area contributed by atoms with Crippen molar-refractivity contribution in [3.63, 3.8) is 0 Å². The Morgan fingerprint density at radius 3 is 2.48 bits per heavy atom. The number of carboxylic acid groups (broad SMARTS) is 1. The van der Waals surface area contributed by atoms with Crippen molar-refractivity contribution >= 4 is 23.2 Å². The number of thiazole rings is 1. The lowest BCUT2D eigenvalue weighted by molar-refractivity contribution is -0.138. The maximum Gasteiger partial charge on any atom is 0.323 e. The minimum absolute atomic E-state index is 0.0475. The molecule has 0 bridgehead atoms. The van der Waals surface area contributed by atoms with Crippen molar-refractivity contribution in [2.45, 2.75) is 31.7 Å². The highest BCUT2D eigenvalue weighted by Crippen LogP contribution is 2.37. The lowest BCUT2D eigenvalue weighted by Crippen LogP contribution is -2.42. The Morgan fingerprint density at radius 1 is 1.07 bits per heavy atom. The Kier molecular flexibility index (Phi) is 5.62. The van der Waals surface area contributed by atoms with Crippen LogP contribution in [0.15, 0.2) is 48.8 Å². The minimum atomic E-state index is -1.01. The molecule has 2 aromatic heterocycles. The number of carbonyl (C=O) groups excluding carboxylic acids is 1. The SMILES string of the molecule is O=C(O)CN(C(=O)c1nc(-c2ccnnc2)c(-c2ccccc2)s1)C1CCCC1. The quantitative estimate of drug-likeness (QED) is 0.667. The fourth-order valence-electron chi connectivity index (χ4n) is 3.67. The first kappa shape index (κ1) is 19.2. The maximum atomic E-state index is 13.3. The van der Waals surface area contributed by atoms with Gasteiger partial charge in [0.15, 0.2) is 5.01 Å². The van der Waals surface area contributed by atoms with Gasteiger partial charge in [-0.25, -0.2) is 4.98 Å². The zero-order valence-electron chi connectivity index (χ0n) is 15.7. The largest absolute Gasteiger partial charge is 0.480 e. The van der Waals surface area contributed by atoms with E-state index in [1.165, 1.54) is 16.2 Å². The van der Waals surface area contributed by atoms with Gasteiger partial charge in [0.05, 0.1) is 23.0 Å². The molecule has 1 fully saturated rings. The highest BCUT2D eigenvalue weighted by molar-refractivity contribution is 7.17. The van der Waals surface area contributed by atoms with E-state index in [1.807, 2.05) is 30.3 Å². The molecule has 0 radical (unpaired) electrons. The molecule has 148 valence electrons. The molecular weight excluding hydrogens is 388 g/mol. The van der Waals surface area contributed by atoms with Crippen LogP contribution in [0.3, 0.4) is 0 Å². The third-order valence-corrected chi connectivity index (χ3v) is 6.13. The minimum Gasteiger partial charge on any atom is -0.480 e. The first-order valence-electron chi connectivity index (χ1n) is 9.49. The Bertz CT molecular complexity index is 944. The molecule has 0 atom stereocenters. The summed E-state index contributed by atoms with van der Waals surface area (Å²) >= 11 is 1.29. The molecule has 1 aliphatic rings. The van der Waals surface area contributed by atoms with E-state index in [9.17, 15) is 14.7 Å². The molecule has 0 spiro atoms. The van der Waals surface area contributed by atoms with Crippen LogP contribution in [0.2, 0.25) is 0 Å². The highest BCUT2D eigenvalue weighted by atomic mass is 32.1. The average molecular weight is 408 g/mol. The summed E-state index contributed by atoms with van der Waals surface area (Å²) in [7, 11) is 0. The Balaban J connectivity index is 1.76. The Morgan fingerprint density at radius 2 is 1.83 bits per heavy atom. The number of carbonyl (C=O) groups is 2. The second-order valence-corrected chi connectivity index (χ2v) is 7.96. The van der Waals surface area contributed by atoms with Gasteiger partial charge in [-0.15, -0.1) is 11.3 Å². The lowest BCUT2D eigenvalue weighted by Gasteiger charge is -2.26. The van der Waals surface area contributed by atoms with Gasteiger partial charge in [0.25, 0.3) is 5.91 Å². The molecule has 7 nitrogen and oxygen atoms in total. The van der Waals surface area contributed by atoms with Crippen molar-refractivity contribution in [1.82, 2.24) is 20.1 Å². The van der Waals surface area contributed by atoms with E-state index in [4.69, 9.17) is 0 Å². The molecule has 2 heterocycles. The van der Waals surface area contributed by atoms with Gasteiger partial charge in [0, 0.05) is 11.6 Å². The number of carboxylic acids is 1. The number of nitrogens with zero attached hydrogens (tertiary/aromatic N) is 4. The average Bonchev–Trinajstić information content (AvgIpc) is 3.43. The van der Waals surface area contributed by atoms with E-state index in [2.05, 4.69) is 15.2 Å². The number of hydrogen-bond acceptors (Lipinski definition) is 6. The van der Waals surface area contributed by atoms with Gasteiger partial charge in [-0.05, 0) is 24.5 Å². The molecular formula is C21H20N4O3S. The van der Waals surface area contributed by atoms with Gasteiger partial charge in [0.2, 0.25) is 0 Å². The fraction of sp³-hybridized carbons (Fsp3) is 0.286. The molecule has 1 N–H and O–H groups in total. The van der Waals surface area contributed by atoms with Crippen molar-refractivity contribution in [2.24, 2.45) is 0 Å². The van der Waals surface area contributed by atoms with Gasteiger partial charge in [-0.3, -0.25) is 9.59 Å². The van der Waals surface area contributed by atoms with Gasteiger partial charge in [-0.1, -0.05) is 43.2 Å². The van der Waals surface area contributed by atoms with Crippen molar-refractivity contribution in [3.05, 3.63) is 53.8 Å². The summed E-state index contributed by atoms with van der Waals surface area (Å²) < 4.78 is 0. The van der Waals surface area contributed by atoms with E-state index in [1.54, 1.807) is 18.5 Å². The third kappa shape index (κ3) is 4.17. The van der Waals surface area contributed by atoms with Crippen LogP contribution in [-0.2, 0) is 4.79 Å². The summed E-state index contributed by atoms with van der Waals surface area (Å²) in [5.74, 6) is -1.33. The highest BCUT2D eigenvalue weighted by Gasteiger charge is 2.31. The fourth-order valence-corrected chi connectivity index (χ4v) is 4.72. The number of benzene rings is 1. The standard InChI is InChI=1S/C21H20N4O3S/c26-17(27)13-25(16-8-4-5-9-16)21(28)20-24-18(15-10-11-22-23-12-15)19(29-20)14-6-2-1-3-7-14/h1-3,6-7,10-12,16H,4-5,8-9,13H2,(H,26,27). The molecule has 1 aliphatic carbocycles. The Hall–Kier alpha value is -3.13. The number of hydrogen-bond donors (Lipinski definition) is 1. The molecule has 1 amide bonds. The summed E-state index contributed by atoms with van der Waals surface area (Å²) in [5.41, 5.74) is 2.36. The number of amides is 1. The molecule has 1 aromatic carbocycles. The van der Waals surface area contributed by atoms with E-state index >= 15 is 0 Å².